The second kappa shape index (κ2) is 7.13. The lowest BCUT2D eigenvalue weighted by molar-refractivity contribution is -0.138. The molecule has 0 unspecified atom stereocenters. The summed E-state index contributed by atoms with van der Waals surface area (Å²) in [6, 6.07) is 7.77. The van der Waals surface area contributed by atoms with E-state index in [-0.39, 0.29) is 24.0 Å². The highest BCUT2D eigenvalue weighted by Gasteiger charge is 2.66. The smallest absolute Gasteiger partial charge is 0.230 e. The third-order valence-electron chi connectivity index (χ3n) is 7.24. The van der Waals surface area contributed by atoms with Gasteiger partial charge in [0.1, 0.15) is 5.60 Å². The van der Waals surface area contributed by atoms with E-state index in [1.807, 2.05) is 36.4 Å². The van der Waals surface area contributed by atoms with Crippen LogP contribution in [-0.4, -0.2) is 41.0 Å². The van der Waals surface area contributed by atoms with E-state index in [0.717, 1.165) is 24.8 Å². The molecule has 1 spiro atoms. The Morgan fingerprint density at radius 1 is 1.31 bits per heavy atom. The summed E-state index contributed by atoms with van der Waals surface area (Å²) in [7, 11) is 0. The number of nitrogens with zero attached hydrogens (tertiary/aromatic N) is 1. The third kappa shape index (κ3) is 3.10. The van der Waals surface area contributed by atoms with Crippen molar-refractivity contribution >= 4 is 23.4 Å². The fourth-order valence-electron chi connectivity index (χ4n) is 5.65. The molecule has 5 rings (SSSR count). The summed E-state index contributed by atoms with van der Waals surface area (Å²) in [4.78, 5) is 28.4. The largest absolute Gasteiger partial charge is 0.360 e. The molecule has 1 aromatic rings. The second-order valence-electron chi connectivity index (χ2n) is 9.06. The molecule has 154 valence electrons. The van der Waals surface area contributed by atoms with E-state index in [2.05, 4.69) is 12.2 Å². The van der Waals surface area contributed by atoms with Crippen LogP contribution in [0.1, 0.15) is 38.2 Å². The van der Waals surface area contributed by atoms with E-state index in [0.29, 0.717) is 24.0 Å². The van der Waals surface area contributed by atoms with Gasteiger partial charge in [0.15, 0.2) is 0 Å². The summed E-state index contributed by atoms with van der Waals surface area (Å²) in [5.74, 6) is -0.448. The normalized spacial score (nSPS) is 37.8. The molecular formula is C23H27ClN2O3. The van der Waals surface area contributed by atoms with Gasteiger partial charge in [0.05, 0.1) is 24.5 Å². The molecule has 5 nitrogen and oxygen atoms in total. The van der Waals surface area contributed by atoms with Gasteiger partial charge in [-0.05, 0) is 30.4 Å². The number of hydrogen-bond donors (Lipinski definition) is 1. The fraction of sp³-hybridized carbons (Fsp3) is 0.565. The molecule has 3 fully saturated rings. The van der Waals surface area contributed by atoms with E-state index in [4.69, 9.17) is 16.3 Å². The van der Waals surface area contributed by atoms with Crippen LogP contribution in [0.2, 0.25) is 5.02 Å². The molecule has 1 saturated carbocycles. The van der Waals surface area contributed by atoms with Crippen molar-refractivity contribution in [2.45, 2.75) is 56.9 Å². The Kier molecular flexibility index (Phi) is 4.71. The Labute approximate surface area is 176 Å². The van der Waals surface area contributed by atoms with Gasteiger partial charge in [-0.25, -0.2) is 0 Å². The Morgan fingerprint density at radius 2 is 2.10 bits per heavy atom. The van der Waals surface area contributed by atoms with Crippen LogP contribution < -0.4 is 5.32 Å². The lowest BCUT2D eigenvalue weighted by atomic mass is 9.76. The van der Waals surface area contributed by atoms with Gasteiger partial charge in [-0.3, -0.25) is 9.59 Å². The average Bonchev–Trinajstić information content (AvgIpc) is 3.34. The van der Waals surface area contributed by atoms with E-state index in [1.165, 1.54) is 6.42 Å². The van der Waals surface area contributed by atoms with Crippen LogP contribution in [0.15, 0.2) is 36.4 Å². The number of carbonyl (C=O) groups excluding carboxylic acids is 2. The molecule has 6 atom stereocenters. The van der Waals surface area contributed by atoms with Crippen molar-refractivity contribution in [1.82, 2.24) is 10.2 Å². The standard InChI is InChI=1S/C23H27ClN2O3/c1-14-6-2-5-9-17(14)25-21(27)19-18-10-11-23(29-18)13-26(22(28)20(19)23)12-15-7-3-4-8-16(15)24/h3-4,7-8,10-11,14,17-20H,2,5-6,9,12-13H2,1H3,(H,25,27)/t14-,17-,18-,19-,20-,23-/m1/s1. The van der Waals surface area contributed by atoms with Crippen molar-refractivity contribution in [3.8, 4) is 0 Å². The highest BCUT2D eigenvalue weighted by molar-refractivity contribution is 6.31. The van der Waals surface area contributed by atoms with E-state index >= 15 is 0 Å². The monoisotopic (exact) mass is 414 g/mol. The number of ether oxygens (including phenoxy) is 1. The topological polar surface area (TPSA) is 58.6 Å². The van der Waals surface area contributed by atoms with Gasteiger partial charge in [-0.1, -0.05) is 61.7 Å². The number of amides is 2. The third-order valence-corrected chi connectivity index (χ3v) is 7.61. The van der Waals surface area contributed by atoms with Crippen molar-refractivity contribution in [2.24, 2.45) is 17.8 Å². The first-order chi connectivity index (χ1) is 14.0. The molecule has 0 aromatic heterocycles. The molecule has 29 heavy (non-hydrogen) atoms. The van der Waals surface area contributed by atoms with Crippen LogP contribution in [-0.2, 0) is 20.9 Å². The molecular weight excluding hydrogens is 388 g/mol. The Morgan fingerprint density at radius 3 is 2.90 bits per heavy atom. The SMILES string of the molecule is C[C@@H]1CCCC[C@H]1NC(=O)[C@@H]1[C@H]2C=C[C@]3(CN(Cc4ccccc4Cl)C(=O)[C@@H]13)O2. The molecule has 4 aliphatic rings. The highest BCUT2D eigenvalue weighted by Crippen LogP contribution is 2.52. The number of rotatable bonds is 4. The van der Waals surface area contributed by atoms with E-state index in [9.17, 15) is 9.59 Å². The van der Waals surface area contributed by atoms with Gasteiger partial charge in [0.2, 0.25) is 11.8 Å². The van der Waals surface area contributed by atoms with Crippen LogP contribution in [0.25, 0.3) is 0 Å². The summed E-state index contributed by atoms with van der Waals surface area (Å²) in [5.41, 5.74) is 0.234. The minimum absolute atomic E-state index is 0.00591. The summed E-state index contributed by atoms with van der Waals surface area (Å²) in [6.07, 6.45) is 8.21. The van der Waals surface area contributed by atoms with Crippen molar-refractivity contribution in [3.63, 3.8) is 0 Å². The predicted molar refractivity (Wildman–Crippen MR) is 110 cm³/mol. The minimum Gasteiger partial charge on any atom is -0.360 e. The number of benzene rings is 1. The summed E-state index contributed by atoms with van der Waals surface area (Å²) in [6.45, 7) is 3.11. The Hall–Kier alpha value is -1.85. The molecule has 6 heteroatoms. The summed E-state index contributed by atoms with van der Waals surface area (Å²) in [5, 5.41) is 3.90. The first-order valence-corrected chi connectivity index (χ1v) is 11.1. The van der Waals surface area contributed by atoms with Gasteiger partial charge in [0.25, 0.3) is 0 Å². The number of hydrogen-bond acceptors (Lipinski definition) is 3. The molecule has 1 aliphatic carbocycles. The predicted octanol–water partition coefficient (Wildman–Crippen LogP) is 3.32. The van der Waals surface area contributed by atoms with Gasteiger partial charge < -0.3 is 15.0 Å². The fourth-order valence-corrected chi connectivity index (χ4v) is 5.85. The lowest BCUT2D eigenvalue weighted by Gasteiger charge is -2.32. The van der Waals surface area contributed by atoms with Crippen molar-refractivity contribution in [1.29, 1.82) is 0 Å². The van der Waals surface area contributed by atoms with Gasteiger partial charge in [-0.15, -0.1) is 0 Å². The zero-order valence-corrected chi connectivity index (χ0v) is 17.4. The maximum absolute atomic E-state index is 13.3. The van der Waals surface area contributed by atoms with Crippen molar-refractivity contribution in [2.75, 3.05) is 6.54 Å². The van der Waals surface area contributed by atoms with Crippen LogP contribution in [0.5, 0.6) is 0 Å². The number of carbonyl (C=O) groups is 2. The van der Waals surface area contributed by atoms with Gasteiger partial charge in [-0.2, -0.15) is 0 Å². The van der Waals surface area contributed by atoms with Crippen molar-refractivity contribution < 1.29 is 14.3 Å². The van der Waals surface area contributed by atoms with Crippen LogP contribution in [0.3, 0.4) is 0 Å². The Balaban J connectivity index is 1.35. The van der Waals surface area contributed by atoms with Gasteiger partial charge in [0, 0.05) is 17.6 Å². The molecule has 2 saturated heterocycles. The number of likely N-dealkylation sites (tertiary alicyclic amines) is 1. The maximum Gasteiger partial charge on any atom is 0.230 e. The van der Waals surface area contributed by atoms with Crippen LogP contribution >= 0.6 is 11.6 Å². The molecule has 2 bridgehead atoms. The molecule has 3 aliphatic heterocycles. The van der Waals surface area contributed by atoms with Crippen molar-refractivity contribution in [3.05, 3.63) is 47.0 Å². The highest BCUT2D eigenvalue weighted by atomic mass is 35.5. The number of halogens is 1. The summed E-state index contributed by atoms with van der Waals surface area (Å²) >= 11 is 6.30. The van der Waals surface area contributed by atoms with Crippen LogP contribution in [0, 0.1) is 17.8 Å². The zero-order chi connectivity index (χ0) is 20.2. The van der Waals surface area contributed by atoms with Crippen LogP contribution in [0.4, 0.5) is 0 Å². The van der Waals surface area contributed by atoms with E-state index in [1.54, 1.807) is 4.90 Å². The molecule has 1 N–H and O–H groups in total. The zero-order valence-electron chi connectivity index (χ0n) is 16.6. The quantitative estimate of drug-likeness (QED) is 0.769. The number of fused-ring (bicyclic) bond motifs is 1. The number of nitrogens with one attached hydrogen (secondary N) is 1. The van der Waals surface area contributed by atoms with Gasteiger partial charge >= 0.3 is 0 Å². The average molecular weight is 415 g/mol. The molecule has 1 aromatic carbocycles. The minimum atomic E-state index is -0.677. The summed E-state index contributed by atoms with van der Waals surface area (Å²) < 4.78 is 6.23. The maximum atomic E-state index is 13.3. The molecule has 2 amide bonds. The first kappa shape index (κ1) is 19.1. The second-order valence-corrected chi connectivity index (χ2v) is 9.47. The lowest BCUT2D eigenvalue weighted by Crippen LogP contribution is -2.49. The Bertz CT molecular complexity index is 871. The first-order valence-electron chi connectivity index (χ1n) is 10.7. The molecule has 3 heterocycles. The molecule has 0 radical (unpaired) electrons. The van der Waals surface area contributed by atoms with E-state index < -0.39 is 17.4 Å².